The van der Waals surface area contributed by atoms with Crippen molar-refractivity contribution < 1.29 is 9.90 Å². The van der Waals surface area contributed by atoms with Gasteiger partial charge in [0.2, 0.25) is 0 Å². The van der Waals surface area contributed by atoms with E-state index >= 15 is 0 Å². The molecule has 0 radical (unpaired) electrons. The molecule has 0 aromatic heterocycles. The van der Waals surface area contributed by atoms with Crippen molar-refractivity contribution >= 4 is 11.6 Å². The van der Waals surface area contributed by atoms with Gasteiger partial charge in [-0.1, -0.05) is 48.5 Å². The second kappa shape index (κ2) is 7.72. The fourth-order valence-corrected chi connectivity index (χ4v) is 5.47. The topological polar surface area (TPSA) is 76.4 Å². The van der Waals surface area contributed by atoms with E-state index in [0.717, 1.165) is 66.7 Å². The molecule has 1 aliphatic heterocycles. The minimum absolute atomic E-state index is 0.0205. The van der Waals surface area contributed by atoms with Gasteiger partial charge in [0.25, 0.3) is 5.91 Å². The number of carbonyl (C=O) groups excluding carboxylic acids is 1. The number of anilines is 1. The Morgan fingerprint density at radius 1 is 0.971 bits per heavy atom. The van der Waals surface area contributed by atoms with E-state index < -0.39 is 0 Å². The number of aliphatic hydroxyl groups excluding tert-OH is 1. The Morgan fingerprint density at radius 3 is 2.29 bits per heavy atom. The van der Waals surface area contributed by atoms with Gasteiger partial charge in [-0.2, -0.15) is 5.26 Å². The third-order valence-corrected chi connectivity index (χ3v) is 7.76. The van der Waals surface area contributed by atoms with Gasteiger partial charge in [-0.15, -0.1) is 0 Å². The van der Waals surface area contributed by atoms with Crippen molar-refractivity contribution in [1.29, 1.82) is 5.26 Å². The summed E-state index contributed by atoms with van der Waals surface area (Å²) in [6.45, 7) is 1.67. The predicted molar refractivity (Wildman–Crippen MR) is 130 cm³/mol. The minimum atomic E-state index is -0.318. The summed E-state index contributed by atoms with van der Waals surface area (Å²) in [5.41, 5.74) is 6.73. The summed E-state index contributed by atoms with van der Waals surface area (Å²) in [7, 11) is 0. The maximum Gasteiger partial charge on any atom is 0.254 e. The van der Waals surface area contributed by atoms with Crippen LogP contribution in [-0.4, -0.2) is 17.6 Å². The SMILES string of the molecule is N#Cc1ccc(CN2CC3(CC3)c3cccc(C(=O)NC4(c5ccc(CO)cc5)CC4)c32)cc1. The van der Waals surface area contributed by atoms with Crippen molar-refractivity contribution in [3.63, 3.8) is 0 Å². The van der Waals surface area contributed by atoms with E-state index in [1.165, 1.54) is 5.56 Å². The maximum absolute atomic E-state index is 13.7. The number of rotatable bonds is 6. The highest BCUT2D eigenvalue weighted by Gasteiger charge is 2.53. The Morgan fingerprint density at radius 2 is 1.68 bits per heavy atom. The number of carbonyl (C=O) groups is 1. The van der Waals surface area contributed by atoms with Crippen LogP contribution in [0.15, 0.2) is 66.7 Å². The lowest BCUT2D eigenvalue weighted by Crippen LogP contribution is -2.36. The first-order chi connectivity index (χ1) is 16.6. The Labute approximate surface area is 199 Å². The summed E-state index contributed by atoms with van der Waals surface area (Å²) < 4.78 is 0. The van der Waals surface area contributed by atoms with Gasteiger partial charge in [0.15, 0.2) is 0 Å². The van der Waals surface area contributed by atoms with E-state index in [1.807, 2.05) is 60.7 Å². The zero-order chi connectivity index (χ0) is 23.3. The molecule has 2 saturated carbocycles. The quantitative estimate of drug-likeness (QED) is 0.580. The van der Waals surface area contributed by atoms with Gasteiger partial charge in [0.1, 0.15) is 0 Å². The van der Waals surface area contributed by atoms with E-state index in [9.17, 15) is 9.90 Å². The standard InChI is InChI=1S/C29H27N3O2/c30-16-20-4-6-21(7-5-20)17-32-19-28(12-13-28)25-3-1-2-24(26(25)32)27(34)31-29(14-15-29)23-10-8-22(18-33)9-11-23/h1-11,33H,12-15,17-19H2,(H,31,34). The summed E-state index contributed by atoms with van der Waals surface area (Å²) in [5.74, 6) is -0.0249. The van der Waals surface area contributed by atoms with Crippen LogP contribution in [0.1, 0.15) is 63.9 Å². The van der Waals surface area contributed by atoms with E-state index in [4.69, 9.17) is 5.26 Å². The Bertz CT molecular complexity index is 1300. The Hall–Kier alpha value is -3.62. The highest BCUT2D eigenvalue weighted by molar-refractivity contribution is 6.02. The van der Waals surface area contributed by atoms with Crippen LogP contribution in [0.2, 0.25) is 0 Å². The molecule has 1 amide bonds. The molecule has 3 aliphatic rings. The van der Waals surface area contributed by atoms with Crippen molar-refractivity contribution in [3.8, 4) is 6.07 Å². The zero-order valence-corrected chi connectivity index (χ0v) is 19.1. The lowest BCUT2D eigenvalue weighted by atomic mass is 9.96. The number of para-hydroxylation sites is 1. The molecule has 2 N–H and O–H groups in total. The number of hydrogen-bond acceptors (Lipinski definition) is 4. The number of hydrogen-bond donors (Lipinski definition) is 2. The van der Waals surface area contributed by atoms with E-state index in [0.29, 0.717) is 5.56 Å². The van der Waals surface area contributed by atoms with Crippen LogP contribution in [0.5, 0.6) is 0 Å². The molecule has 1 heterocycles. The molecular formula is C29H27N3O2. The molecule has 5 heteroatoms. The average Bonchev–Trinajstić information content (AvgIpc) is 3.80. The van der Waals surface area contributed by atoms with Gasteiger partial charge in [-0.3, -0.25) is 4.79 Å². The van der Waals surface area contributed by atoms with Gasteiger partial charge in [0.05, 0.1) is 35.0 Å². The highest BCUT2D eigenvalue weighted by atomic mass is 16.3. The fraction of sp³-hybridized carbons (Fsp3) is 0.310. The third-order valence-electron chi connectivity index (χ3n) is 7.76. The van der Waals surface area contributed by atoms with Gasteiger partial charge in [-0.25, -0.2) is 0 Å². The summed E-state index contributed by atoms with van der Waals surface area (Å²) in [6.07, 6.45) is 4.17. The molecule has 0 bridgehead atoms. The number of nitriles is 1. The number of nitrogens with zero attached hydrogens (tertiary/aromatic N) is 2. The number of nitrogens with one attached hydrogen (secondary N) is 1. The number of aliphatic hydroxyl groups is 1. The molecule has 2 aliphatic carbocycles. The van der Waals surface area contributed by atoms with Crippen LogP contribution in [-0.2, 0) is 24.1 Å². The normalized spacial score (nSPS) is 18.3. The molecule has 0 atom stereocenters. The average molecular weight is 450 g/mol. The summed E-state index contributed by atoms with van der Waals surface area (Å²) >= 11 is 0. The van der Waals surface area contributed by atoms with Crippen LogP contribution in [0.3, 0.4) is 0 Å². The Kier molecular flexibility index (Phi) is 4.75. The first kappa shape index (κ1) is 20.9. The fourth-order valence-electron chi connectivity index (χ4n) is 5.47. The Balaban J connectivity index is 1.30. The summed E-state index contributed by atoms with van der Waals surface area (Å²) in [4.78, 5) is 16.0. The largest absolute Gasteiger partial charge is 0.392 e. The van der Waals surface area contributed by atoms with Gasteiger partial charge < -0.3 is 15.3 Å². The first-order valence-corrected chi connectivity index (χ1v) is 12.0. The number of fused-ring (bicyclic) bond motifs is 2. The van der Waals surface area contributed by atoms with E-state index in [1.54, 1.807) is 0 Å². The molecule has 170 valence electrons. The monoisotopic (exact) mass is 449 g/mol. The number of amides is 1. The lowest BCUT2D eigenvalue weighted by Gasteiger charge is -2.24. The molecule has 34 heavy (non-hydrogen) atoms. The third kappa shape index (κ3) is 3.46. The molecule has 5 nitrogen and oxygen atoms in total. The first-order valence-electron chi connectivity index (χ1n) is 12.0. The minimum Gasteiger partial charge on any atom is -0.392 e. The van der Waals surface area contributed by atoms with Crippen LogP contribution in [0, 0.1) is 11.3 Å². The molecule has 0 unspecified atom stereocenters. The molecule has 2 fully saturated rings. The van der Waals surface area contributed by atoms with Crippen LogP contribution in [0.25, 0.3) is 0 Å². The molecule has 3 aromatic carbocycles. The van der Waals surface area contributed by atoms with Crippen molar-refractivity contribution in [2.24, 2.45) is 0 Å². The summed E-state index contributed by atoms with van der Waals surface area (Å²) in [5, 5.41) is 21.8. The van der Waals surface area contributed by atoms with E-state index in [2.05, 4.69) is 22.4 Å². The second-order valence-electron chi connectivity index (χ2n) is 10.0. The maximum atomic E-state index is 13.7. The van der Waals surface area contributed by atoms with E-state index in [-0.39, 0.29) is 23.5 Å². The zero-order valence-electron chi connectivity index (χ0n) is 19.1. The predicted octanol–water partition coefficient (Wildman–Crippen LogP) is 4.52. The van der Waals surface area contributed by atoms with Crippen molar-refractivity contribution in [2.45, 2.75) is 49.8 Å². The molecule has 1 spiro atoms. The van der Waals surface area contributed by atoms with Gasteiger partial charge in [-0.05, 0) is 66.1 Å². The van der Waals surface area contributed by atoms with Crippen molar-refractivity contribution in [3.05, 3.63) is 100 Å². The van der Waals surface area contributed by atoms with Crippen molar-refractivity contribution in [1.82, 2.24) is 5.32 Å². The van der Waals surface area contributed by atoms with Gasteiger partial charge in [0, 0.05) is 18.5 Å². The lowest BCUT2D eigenvalue weighted by molar-refractivity contribution is 0.0931. The summed E-state index contributed by atoms with van der Waals surface area (Å²) in [6, 6.07) is 24.0. The van der Waals surface area contributed by atoms with Crippen LogP contribution in [0.4, 0.5) is 5.69 Å². The highest BCUT2D eigenvalue weighted by Crippen LogP contribution is 2.57. The smallest absolute Gasteiger partial charge is 0.254 e. The van der Waals surface area contributed by atoms with Crippen molar-refractivity contribution in [2.75, 3.05) is 11.4 Å². The van der Waals surface area contributed by atoms with Crippen LogP contribution < -0.4 is 10.2 Å². The molecule has 0 saturated heterocycles. The number of benzene rings is 3. The molecular weight excluding hydrogens is 422 g/mol. The van der Waals surface area contributed by atoms with Gasteiger partial charge >= 0.3 is 0 Å². The van der Waals surface area contributed by atoms with Crippen LogP contribution >= 0.6 is 0 Å². The second-order valence-corrected chi connectivity index (χ2v) is 10.0. The molecule has 3 aromatic rings. The molecule has 6 rings (SSSR count).